The molecular formula is C14H20ClFN2O3S. The first-order chi connectivity index (χ1) is 10.1. The molecule has 0 atom stereocenters. The van der Waals surface area contributed by atoms with Crippen LogP contribution in [0.1, 0.15) is 20.3 Å². The second kappa shape index (κ2) is 7.89. The van der Waals surface area contributed by atoms with Crippen LogP contribution in [0, 0.1) is 11.7 Å². The van der Waals surface area contributed by atoms with Gasteiger partial charge in [-0.3, -0.25) is 4.79 Å². The summed E-state index contributed by atoms with van der Waals surface area (Å²) in [6.07, 6.45) is 1.13. The number of nitrogens with zero attached hydrogens (tertiary/aromatic N) is 1. The molecule has 0 fully saturated rings. The van der Waals surface area contributed by atoms with Crippen LogP contribution >= 0.6 is 11.6 Å². The summed E-state index contributed by atoms with van der Waals surface area (Å²) >= 11 is 5.63. The van der Waals surface area contributed by atoms with E-state index in [0.717, 1.165) is 12.3 Å². The summed E-state index contributed by atoms with van der Waals surface area (Å²) in [7, 11) is -3.36. The molecule has 0 aliphatic carbocycles. The molecule has 124 valence electrons. The van der Waals surface area contributed by atoms with Gasteiger partial charge in [0.1, 0.15) is 5.82 Å². The number of carbonyl (C=O) groups excluding carboxylic acids is 1. The normalized spacial score (nSPS) is 12.0. The molecular weight excluding hydrogens is 331 g/mol. The molecule has 1 amide bonds. The van der Waals surface area contributed by atoms with E-state index in [-0.39, 0.29) is 29.8 Å². The highest BCUT2D eigenvalue weighted by Crippen LogP contribution is 2.19. The second-order valence-corrected chi connectivity index (χ2v) is 7.83. The van der Waals surface area contributed by atoms with E-state index in [1.54, 1.807) is 0 Å². The molecule has 0 heterocycles. The summed E-state index contributed by atoms with van der Waals surface area (Å²) in [6, 6.07) is 3.85. The van der Waals surface area contributed by atoms with Gasteiger partial charge in [-0.05, 0) is 24.1 Å². The van der Waals surface area contributed by atoms with Crippen molar-refractivity contribution < 1.29 is 17.6 Å². The van der Waals surface area contributed by atoms with Crippen molar-refractivity contribution in [2.45, 2.75) is 20.3 Å². The van der Waals surface area contributed by atoms with Crippen LogP contribution in [0.5, 0.6) is 0 Å². The number of rotatable bonds is 7. The van der Waals surface area contributed by atoms with Crippen molar-refractivity contribution in [3.63, 3.8) is 0 Å². The predicted octanol–water partition coefficient (Wildman–Crippen LogP) is 2.73. The highest BCUT2D eigenvalue weighted by atomic mass is 35.5. The maximum atomic E-state index is 13.0. The summed E-state index contributed by atoms with van der Waals surface area (Å²) in [6.45, 7) is 4.25. The average Bonchev–Trinajstić information content (AvgIpc) is 2.37. The van der Waals surface area contributed by atoms with E-state index in [1.165, 1.54) is 16.4 Å². The Hall–Kier alpha value is -1.18. The zero-order chi connectivity index (χ0) is 16.9. The molecule has 1 rings (SSSR count). The van der Waals surface area contributed by atoms with Crippen molar-refractivity contribution in [3.05, 3.63) is 29.0 Å². The Bertz CT molecular complexity index is 635. The van der Waals surface area contributed by atoms with Gasteiger partial charge in [0.25, 0.3) is 0 Å². The molecule has 1 aromatic rings. The molecule has 5 nitrogen and oxygen atoms in total. The quantitative estimate of drug-likeness (QED) is 0.822. The highest BCUT2D eigenvalue weighted by molar-refractivity contribution is 7.88. The zero-order valence-electron chi connectivity index (χ0n) is 12.8. The Balaban J connectivity index is 2.62. The molecule has 1 aromatic carbocycles. The van der Waals surface area contributed by atoms with Crippen molar-refractivity contribution in [1.82, 2.24) is 4.31 Å². The molecule has 8 heteroatoms. The Kier molecular flexibility index (Phi) is 6.77. The van der Waals surface area contributed by atoms with E-state index >= 15 is 0 Å². The zero-order valence-corrected chi connectivity index (χ0v) is 14.3. The molecule has 1 N–H and O–H groups in total. The van der Waals surface area contributed by atoms with Crippen molar-refractivity contribution in [2.24, 2.45) is 5.92 Å². The van der Waals surface area contributed by atoms with Gasteiger partial charge in [0.15, 0.2) is 0 Å². The minimum Gasteiger partial charge on any atom is -0.326 e. The third-order valence-corrected chi connectivity index (χ3v) is 4.39. The van der Waals surface area contributed by atoms with Crippen LogP contribution in [-0.2, 0) is 14.8 Å². The van der Waals surface area contributed by atoms with Gasteiger partial charge in [-0.2, -0.15) is 0 Å². The minimum absolute atomic E-state index is 0.00872. The lowest BCUT2D eigenvalue weighted by Gasteiger charge is -2.21. The van der Waals surface area contributed by atoms with Gasteiger partial charge in [0, 0.05) is 25.2 Å². The predicted molar refractivity (Wildman–Crippen MR) is 85.9 cm³/mol. The van der Waals surface area contributed by atoms with E-state index in [0.29, 0.717) is 12.2 Å². The van der Waals surface area contributed by atoms with Gasteiger partial charge < -0.3 is 5.32 Å². The molecule has 0 aliphatic rings. The number of sulfonamides is 1. The number of carbonyl (C=O) groups is 1. The van der Waals surface area contributed by atoms with Gasteiger partial charge >= 0.3 is 0 Å². The summed E-state index contributed by atoms with van der Waals surface area (Å²) in [5.74, 6) is -0.770. The van der Waals surface area contributed by atoms with Gasteiger partial charge in [0.05, 0.1) is 11.3 Å². The second-order valence-electron chi connectivity index (χ2n) is 5.44. The lowest BCUT2D eigenvalue weighted by atomic mass is 10.2. The highest BCUT2D eigenvalue weighted by Gasteiger charge is 2.19. The number of hydrogen-bond donors (Lipinski definition) is 1. The van der Waals surface area contributed by atoms with Crippen molar-refractivity contribution in [1.29, 1.82) is 0 Å². The molecule has 0 unspecified atom stereocenters. The number of nitrogens with one attached hydrogen (secondary N) is 1. The number of hydrogen-bond acceptors (Lipinski definition) is 3. The topological polar surface area (TPSA) is 66.5 Å². The maximum absolute atomic E-state index is 13.0. The fourth-order valence-electron chi connectivity index (χ4n) is 1.82. The lowest BCUT2D eigenvalue weighted by molar-refractivity contribution is -0.116. The van der Waals surface area contributed by atoms with Gasteiger partial charge in [-0.25, -0.2) is 17.1 Å². The fraction of sp³-hybridized carbons (Fsp3) is 0.500. The maximum Gasteiger partial charge on any atom is 0.225 e. The third kappa shape index (κ3) is 6.29. The van der Waals surface area contributed by atoms with Crippen LogP contribution in [-0.4, -0.2) is 38.0 Å². The van der Waals surface area contributed by atoms with Gasteiger partial charge in [-0.1, -0.05) is 25.4 Å². The molecule has 0 aromatic heterocycles. The van der Waals surface area contributed by atoms with E-state index in [1.807, 2.05) is 13.8 Å². The van der Waals surface area contributed by atoms with Crippen LogP contribution < -0.4 is 5.32 Å². The molecule has 0 aliphatic heterocycles. The Morgan fingerprint density at radius 1 is 1.41 bits per heavy atom. The van der Waals surface area contributed by atoms with Crippen LogP contribution in [0.25, 0.3) is 0 Å². The lowest BCUT2D eigenvalue weighted by Crippen LogP contribution is -2.35. The van der Waals surface area contributed by atoms with Crippen molar-refractivity contribution >= 4 is 33.2 Å². The third-order valence-electron chi connectivity index (χ3n) is 2.83. The van der Waals surface area contributed by atoms with Gasteiger partial charge in [0.2, 0.25) is 15.9 Å². The largest absolute Gasteiger partial charge is 0.326 e. The Morgan fingerprint density at radius 3 is 2.55 bits per heavy atom. The Labute approximate surface area is 135 Å². The molecule has 0 radical (unpaired) electrons. The first-order valence-electron chi connectivity index (χ1n) is 6.79. The smallest absolute Gasteiger partial charge is 0.225 e. The van der Waals surface area contributed by atoms with E-state index in [4.69, 9.17) is 11.6 Å². The first kappa shape index (κ1) is 18.9. The van der Waals surface area contributed by atoms with Crippen LogP contribution in [0.4, 0.5) is 10.1 Å². The summed E-state index contributed by atoms with van der Waals surface area (Å²) in [5.41, 5.74) is 0.367. The van der Waals surface area contributed by atoms with E-state index in [9.17, 15) is 17.6 Å². The molecule has 0 bridgehead atoms. The van der Waals surface area contributed by atoms with Crippen LogP contribution in [0.2, 0.25) is 5.02 Å². The first-order valence-corrected chi connectivity index (χ1v) is 9.02. The SMILES string of the molecule is CC(C)CN(CCC(=O)Nc1ccc(F)c(Cl)c1)S(C)(=O)=O. The number of benzene rings is 1. The summed E-state index contributed by atoms with van der Waals surface area (Å²) < 4.78 is 37.6. The number of amides is 1. The van der Waals surface area contributed by atoms with Crippen molar-refractivity contribution in [3.8, 4) is 0 Å². The summed E-state index contributed by atoms with van der Waals surface area (Å²) in [4.78, 5) is 11.9. The molecule has 22 heavy (non-hydrogen) atoms. The molecule has 0 saturated heterocycles. The number of anilines is 1. The van der Waals surface area contributed by atoms with Crippen LogP contribution in [0.15, 0.2) is 18.2 Å². The van der Waals surface area contributed by atoms with Crippen molar-refractivity contribution in [2.75, 3.05) is 24.7 Å². The van der Waals surface area contributed by atoms with E-state index in [2.05, 4.69) is 5.32 Å². The monoisotopic (exact) mass is 350 g/mol. The Morgan fingerprint density at radius 2 is 2.05 bits per heavy atom. The standard InChI is InChI=1S/C14H20ClFN2O3S/c1-10(2)9-18(22(3,20)21)7-6-14(19)17-11-4-5-13(16)12(15)8-11/h4-5,8,10H,6-7,9H2,1-3H3,(H,17,19). The van der Waals surface area contributed by atoms with Crippen LogP contribution in [0.3, 0.4) is 0 Å². The average molecular weight is 351 g/mol. The summed E-state index contributed by atoms with van der Waals surface area (Å²) in [5, 5.41) is 2.47. The van der Waals surface area contributed by atoms with Gasteiger partial charge in [-0.15, -0.1) is 0 Å². The molecule has 0 spiro atoms. The molecule has 0 saturated carbocycles. The number of halogens is 2. The fourth-order valence-corrected chi connectivity index (χ4v) is 3.00. The minimum atomic E-state index is -3.36. The van der Waals surface area contributed by atoms with E-state index < -0.39 is 15.8 Å².